The van der Waals surface area contributed by atoms with Gasteiger partial charge < -0.3 is 5.32 Å². The lowest BCUT2D eigenvalue weighted by Gasteiger charge is -2.02. The second-order valence-electron chi connectivity index (χ2n) is 3.26. The molecule has 0 aliphatic carbocycles. The van der Waals surface area contributed by atoms with Gasteiger partial charge in [0.25, 0.3) is 0 Å². The van der Waals surface area contributed by atoms with Crippen LogP contribution in [0.1, 0.15) is 10.6 Å². The van der Waals surface area contributed by atoms with Gasteiger partial charge in [0.05, 0.1) is 9.48 Å². The van der Waals surface area contributed by atoms with Crippen LogP contribution in [0.5, 0.6) is 0 Å². The highest BCUT2D eigenvalue weighted by Gasteiger charge is 1.98. The first-order chi connectivity index (χ1) is 7.74. The van der Waals surface area contributed by atoms with Crippen LogP contribution < -0.4 is 5.32 Å². The fourth-order valence-corrected chi connectivity index (χ4v) is 3.14. The molecule has 2 nitrogen and oxygen atoms in total. The van der Waals surface area contributed by atoms with Crippen molar-refractivity contribution in [2.75, 3.05) is 0 Å². The van der Waals surface area contributed by atoms with E-state index in [-0.39, 0.29) is 0 Å². The van der Waals surface area contributed by atoms with Crippen molar-refractivity contribution >= 4 is 43.2 Å². The average Bonchev–Trinajstić information content (AvgIpc) is 2.64. The predicted octanol–water partition coefficient (Wildman–Crippen LogP) is 3.96. The largest absolute Gasteiger partial charge is 0.306 e. The third-order valence-electron chi connectivity index (χ3n) is 2.01. The molecule has 0 radical (unpaired) electrons. The van der Waals surface area contributed by atoms with Crippen molar-refractivity contribution in [2.45, 2.75) is 13.1 Å². The zero-order chi connectivity index (χ0) is 11.4. The highest BCUT2D eigenvalue weighted by atomic mass is 79.9. The fourth-order valence-electron chi connectivity index (χ4n) is 1.31. The van der Waals surface area contributed by atoms with Crippen LogP contribution in [0.4, 0.5) is 0 Å². The van der Waals surface area contributed by atoms with E-state index in [0.29, 0.717) is 0 Å². The Balaban J connectivity index is 1.84. The molecule has 0 aliphatic heterocycles. The number of nitrogens with one attached hydrogen (secondary N) is 1. The van der Waals surface area contributed by atoms with Crippen molar-refractivity contribution in [3.8, 4) is 0 Å². The summed E-state index contributed by atoms with van der Waals surface area (Å²) in [5, 5.41) is 3.36. The van der Waals surface area contributed by atoms with Crippen molar-refractivity contribution < 1.29 is 0 Å². The highest BCUT2D eigenvalue weighted by molar-refractivity contribution is 9.11. The quantitative estimate of drug-likeness (QED) is 0.833. The van der Waals surface area contributed by atoms with E-state index in [1.165, 1.54) is 8.66 Å². The second kappa shape index (κ2) is 5.91. The summed E-state index contributed by atoms with van der Waals surface area (Å²) in [7, 11) is 0. The molecule has 5 heteroatoms. The van der Waals surface area contributed by atoms with Gasteiger partial charge in [0.15, 0.2) is 0 Å². The molecule has 0 atom stereocenters. The van der Waals surface area contributed by atoms with Crippen LogP contribution in [0.15, 0.2) is 38.7 Å². The number of halogens is 2. The van der Waals surface area contributed by atoms with E-state index in [1.54, 1.807) is 11.3 Å². The third-order valence-corrected chi connectivity index (χ3v) is 4.07. The molecule has 0 spiro atoms. The van der Waals surface area contributed by atoms with Crippen LogP contribution in [0.25, 0.3) is 0 Å². The summed E-state index contributed by atoms with van der Waals surface area (Å²) in [6.45, 7) is 1.67. The van der Waals surface area contributed by atoms with E-state index in [2.05, 4.69) is 54.3 Å². The van der Waals surface area contributed by atoms with Crippen LogP contribution in [0.2, 0.25) is 0 Å². The van der Waals surface area contributed by atoms with E-state index < -0.39 is 0 Å². The van der Waals surface area contributed by atoms with Gasteiger partial charge in [0.1, 0.15) is 4.60 Å². The van der Waals surface area contributed by atoms with Crippen LogP contribution in [-0.4, -0.2) is 4.98 Å². The zero-order valence-electron chi connectivity index (χ0n) is 8.41. The summed E-state index contributed by atoms with van der Waals surface area (Å²) in [4.78, 5) is 5.68. The summed E-state index contributed by atoms with van der Waals surface area (Å²) in [5.74, 6) is 0. The Morgan fingerprint density at radius 2 is 2.00 bits per heavy atom. The van der Waals surface area contributed by atoms with Crippen molar-refractivity contribution in [2.24, 2.45) is 0 Å². The Morgan fingerprint density at radius 3 is 2.69 bits per heavy atom. The smallest absolute Gasteiger partial charge is 0.106 e. The SMILES string of the molecule is Brc1cccc(CNCc2ccc(Br)s2)n1. The molecule has 84 valence electrons. The monoisotopic (exact) mass is 360 g/mol. The molecular formula is C11H10Br2N2S. The van der Waals surface area contributed by atoms with Crippen LogP contribution in [0, 0.1) is 0 Å². The van der Waals surface area contributed by atoms with Crippen molar-refractivity contribution in [1.29, 1.82) is 0 Å². The minimum Gasteiger partial charge on any atom is -0.306 e. The first kappa shape index (κ1) is 12.2. The summed E-state index contributed by atoms with van der Waals surface area (Å²) in [6, 6.07) is 10.1. The molecule has 2 aromatic heterocycles. The van der Waals surface area contributed by atoms with Gasteiger partial charge >= 0.3 is 0 Å². The summed E-state index contributed by atoms with van der Waals surface area (Å²) in [5.41, 5.74) is 1.05. The Hall–Kier alpha value is -0.230. The fraction of sp³-hybridized carbons (Fsp3) is 0.182. The lowest BCUT2D eigenvalue weighted by molar-refractivity contribution is 0.685. The lowest BCUT2D eigenvalue weighted by atomic mass is 10.3. The number of aromatic nitrogens is 1. The molecule has 0 aliphatic rings. The zero-order valence-corrected chi connectivity index (χ0v) is 12.4. The van der Waals surface area contributed by atoms with Crippen LogP contribution in [0.3, 0.4) is 0 Å². The molecule has 0 saturated carbocycles. The number of hydrogen-bond acceptors (Lipinski definition) is 3. The Kier molecular flexibility index (Phi) is 4.52. The molecule has 2 heterocycles. The number of rotatable bonds is 4. The topological polar surface area (TPSA) is 24.9 Å². The molecule has 0 bridgehead atoms. The van der Waals surface area contributed by atoms with Gasteiger partial charge in [-0.25, -0.2) is 4.98 Å². The Bertz CT molecular complexity index is 471. The van der Waals surface area contributed by atoms with Gasteiger partial charge in [-0.1, -0.05) is 6.07 Å². The van der Waals surface area contributed by atoms with Gasteiger partial charge in [-0.15, -0.1) is 11.3 Å². The number of pyridine rings is 1. The van der Waals surface area contributed by atoms with Crippen molar-refractivity contribution in [3.05, 3.63) is 49.3 Å². The van der Waals surface area contributed by atoms with E-state index >= 15 is 0 Å². The van der Waals surface area contributed by atoms with Crippen LogP contribution in [-0.2, 0) is 13.1 Å². The minimum atomic E-state index is 0.787. The molecule has 1 N–H and O–H groups in total. The predicted molar refractivity (Wildman–Crippen MR) is 74.5 cm³/mol. The third kappa shape index (κ3) is 3.66. The maximum absolute atomic E-state index is 4.36. The number of thiophene rings is 1. The second-order valence-corrected chi connectivity index (χ2v) is 6.62. The Labute approximate surface area is 115 Å². The standard InChI is InChI=1S/C11H10Br2N2S/c12-10-3-1-2-8(15-10)6-14-7-9-4-5-11(13)16-9/h1-5,14H,6-7H2. The number of hydrogen-bond donors (Lipinski definition) is 1. The molecule has 0 aromatic carbocycles. The molecule has 2 rings (SSSR count). The molecule has 0 amide bonds. The normalized spacial score (nSPS) is 10.6. The minimum absolute atomic E-state index is 0.787. The molecule has 0 saturated heterocycles. The summed E-state index contributed by atoms with van der Waals surface area (Å²) >= 11 is 8.56. The molecular weight excluding hydrogens is 352 g/mol. The average molecular weight is 362 g/mol. The van der Waals surface area contributed by atoms with Gasteiger partial charge in [-0.2, -0.15) is 0 Å². The van der Waals surface area contributed by atoms with Gasteiger partial charge in [0.2, 0.25) is 0 Å². The van der Waals surface area contributed by atoms with Gasteiger partial charge in [-0.05, 0) is 56.1 Å². The molecule has 2 aromatic rings. The highest BCUT2D eigenvalue weighted by Crippen LogP contribution is 2.21. The Morgan fingerprint density at radius 1 is 1.12 bits per heavy atom. The maximum Gasteiger partial charge on any atom is 0.106 e. The van der Waals surface area contributed by atoms with E-state index in [9.17, 15) is 0 Å². The van der Waals surface area contributed by atoms with E-state index in [4.69, 9.17) is 0 Å². The first-order valence-corrected chi connectivity index (χ1v) is 7.20. The van der Waals surface area contributed by atoms with E-state index in [1.807, 2.05) is 18.2 Å². The summed E-state index contributed by atoms with van der Waals surface area (Å²) in [6.07, 6.45) is 0. The van der Waals surface area contributed by atoms with E-state index in [0.717, 1.165) is 23.4 Å². The first-order valence-electron chi connectivity index (χ1n) is 4.80. The molecule has 0 unspecified atom stereocenters. The van der Waals surface area contributed by atoms with Gasteiger partial charge in [0, 0.05) is 18.0 Å². The molecule has 16 heavy (non-hydrogen) atoms. The van der Waals surface area contributed by atoms with Crippen LogP contribution >= 0.6 is 43.2 Å². The maximum atomic E-state index is 4.36. The van der Waals surface area contributed by atoms with Crippen molar-refractivity contribution in [1.82, 2.24) is 10.3 Å². The molecule has 0 fully saturated rings. The summed E-state index contributed by atoms with van der Waals surface area (Å²) < 4.78 is 2.05. The lowest BCUT2D eigenvalue weighted by Crippen LogP contribution is -2.12. The number of nitrogens with zero attached hydrogens (tertiary/aromatic N) is 1. The van der Waals surface area contributed by atoms with Gasteiger partial charge in [-0.3, -0.25) is 0 Å². The van der Waals surface area contributed by atoms with Crippen molar-refractivity contribution in [3.63, 3.8) is 0 Å².